The fourth-order valence-corrected chi connectivity index (χ4v) is 2.41. The van der Waals surface area contributed by atoms with Crippen LogP contribution >= 0.6 is 15.9 Å². The number of hydrogen-bond acceptors (Lipinski definition) is 4. The molecule has 2 N–H and O–H groups in total. The van der Waals surface area contributed by atoms with Gasteiger partial charge in [-0.15, -0.1) is 0 Å². The molecule has 2 aromatic rings. The van der Waals surface area contributed by atoms with Gasteiger partial charge in [0, 0.05) is 15.7 Å². The highest BCUT2D eigenvalue weighted by atomic mass is 79.9. The predicted octanol–water partition coefficient (Wildman–Crippen LogP) is 3.87. The third-order valence-corrected chi connectivity index (χ3v) is 3.68. The quantitative estimate of drug-likeness (QED) is 0.865. The van der Waals surface area contributed by atoms with Gasteiger partial charge in [0.05, 0.1) is 13.2 Å². The first-order chi connectivity index (χ1) is 9.72. The maximum absolute atomic E-state index is 5.80. The first kappa shape index (κ1) is 13.4. The van der Waals surface area contributed by atoms with E-state index in [1.54, 1.807) is 12.1 Å². The highest BCUT2D eigenvalue weighted by Crippen LogP contribution is 2.34. The van der Waals surface area contributed by atoms with Crippen molar-refractivity contribution >= 4 is 21.6 Å². The Morgan fingerprint density at radius 1 is 1.00 bits per heavy atom. The molecular weight excluding hydrogens is 322 g/mol. The van der Waals surface area contributed by atoms with Gasteiger partial charge in [0.2, 0.25) is 0 Å². The number of nitrogen functional groups attached to an aromatic ring is 1. The highest BCUT2D eigenvalue weighted by Gasteiger charge is 2.21. The molecule has 0 amide bonds. The number of hydrogen-bond donors (Lipinski definition) is 1. The van der Waals surface area contributed by atoms with Crippen LogP contribution < -0.4 is 10.5 Å². The van der Waals surface area contributed by atoms with Gasteiger partial charge in [-0.05, 0) is 42.5 Å². The van der Waals surface area contributed by atoms with Crippen LogP contribution in [0.1, 0.15) is 11.9 Å². The first-order valence-electron chi connectivity index (χ1n) is 6.28. The molecular formula is C15H14BrNO3. The summed E-state index contributed by atoms with van der Waals surface area (Å²) >= 11 is 3.50. The Balaban J connectivity index is 1.83. The second kappa shape index (κ2) is 5.83. The van der Waals surface area contributed by atoms with Crippen LogP contribution in [0.5, 0.6) is 11.5 Å². The van der Waals surface area contributed by atoms with Gasteiger partial charge in [-0.2, -0.15) is 0 Å². The van der Waals surface area contributed by atoms with Crippen LogP contribution in [-0.2, 0) is 9.47 Å². The van der Waals surface area contributed by atoms with Crippen LogP contribution in [0.2, 0.25) is 0 Å². The molecule has 2 aromatic carbocycles. The number of ether oxygens (including phenoxy) is 3. The molecule has 0 saturated carbocycles. The zero-order valence-corrected chi connectivity index (χ0v) is 12.3. The molecule has 104 valence electrons. The Bertz CT molecular complexity index is 595. The van der Waals surface area contributed by atoms with Gasteiger partial charge in [0.25, 0.3) is 0 Å². The lowest BCUT2D eigenvalue weighted by atomic mass is 10.2. The van der Waals surface area contributed by atoms with Gasteiger partial charge in [-0.25, -0.2) is 0 Å². The lowest BCUT2D eigenvalue weighted by Crippen LogP contribution is -1.99. The lowest BCUT2D eigenvalue weighted by Gasteiger charge is -2.13. The van der Waals surface area contributed by atoms with Crippen molar-refractivity contribution in [3.63, 3.8) is 0 Å². The van der Waals surface area contributed by atoms with Crippen LogP contribution in [0.25, 0.3) is 0 Å². The Kier molecular flexibility index (Phi) is 3.91. The molecule has 0 unspecified atom stereocenters. The van der Waals surface area contributed by atoms with Gasteiger partial charge in [0.1, 0.15) is 11.5 Å². The molecule has 1 saturated heterocycles. The number of halogens is 1. The van der Waals surface area contributed by atoms with Crippen molar-refractivity contribution in [2.75, 3.05) is 18.9 Å². The maximum atomic E-state index is 5.80. The summed E-state index contributed by atoms with van der Waals surface area (Å²) < 4.78 is 17.8. The van der Waals surface area contributed by atoms with Crippen molar-refractivity contribution in [2.45, 2.75) is 6.29 Å². The van der Waals surface area contributed by atoms with E-state index in [2.05, 4.69) is 15.9 Å². The van der Waals surface area contributed by atoms with Gasteiger partial charge >= 0.3 is 0 Å². The van der Waals surface area contributed by atoms with E-state index in [-0.39, 0.29) is 6.29 Å². The van der Waals surface area contributed by atoms with Gasteiger partial charge in [0.15, 0.2) is 6.29 Å². The molecule has 0 spiro atoms. The van der Waals surface area contributed by atoms with Crippen LogP contribution in [0.4, 0.5) is 5.69 Å². The largest absolute Gasteiger partial charge is 0.457 e. The molecule has 1 aliphatic rings. The zero-order chi connectivity index (χ0) is 13.9. The summed E-state index contributed by atoms with van der Waals surface area (Å²) in [6.07, 6.45) is -0.334. The van der Waals surface area contributed by atoms with E-state index in [0.717, 1.165) is 21.5 Å². The van der Waals surface area contributed by atoms with Gasteiger partial charge in [-0.3, -0.25) is 0 Å². The fraction of sp³-hybridized carbons (Fsp3) is 0.200. The summed E-state index contributed by atoms with van der Waals surface area (Å²) in [5.74, 6) is 1.47. The minimum absolute atomic E-state index is 0.334. The Morgan fingerprint density at radius 2 is 1.65 bits per heavy atom. The molecule has 3 rings (SSSR count). The van der Waals surface area contributed by atoms with Crippen LogP contribution in [0.3, 0.4) is 0 Å². The molecule has 0 bridgehead atoms. The first-order valence-corrected chi connectivity index (χ1v) is 7.08. The second-order valence-electron chi connectivity index (χ2n) is 4.43. The highest BCUT2D eigenvalue weighted by molar-refractivity contribution is 9.10. The molecule has 20 heavy (non-hydrogen) atoms. The van der Waals surface area contributed by atoms with E-state index in [9.17, 15) is 0 Å². The Hall–Kier alpha value is -1.56. The van der Waals surface area contributed by atoms with Crippen molar-refractivity contribution in [1.29, 1.82) is 0 Å². The van der Waals surface area contributed by atoms with Crippen molar-refractivity contribution in [1.82, 2.24) is 0 Å². The van der Waals surface area contributed by atoms with Crippen molar-refractivity contribution in [2.24, 2.45) is 0 Å². The summed E-state index contributed by atoms with van der Waals surface area (Å²) in [6.45, 7) is 1.22. The minimum Gasteiger partial charge on any atom is -0.457 e. The smallest absolute Gasteiger partial charge is 0.185 e. The number of rotatable bonds is 3. The van der Waals surface area contributed by atoms with Crippen molar-refractivity contribution in [3.8, 4) is 11.5 Å². The lowest BCUT2D eigenvalue weighted by molar-refractivity contribution is -0.0447. The standard InChI is InChI=1S/C15H14BrNO3/c16-14-6-5-12(9-13(14)15-18-7-8-19-15)20-11-3-1-10(17)2-4-11/h1-6,9,15H,7-8,17H2. The molecule has 0 radical (unpaired) electrons. The predicted molar refractivity (Wildman–Crippen MR) is 79.7 cm³/mol. The number of nitrogens with two attached hydrogens (primary N) is 1. The molecule has 1 aliphatic heterocycles. The second-order valence-corrected chi connectivity index (χ2v) is 5.28. The van der Waals surface area contributed by atoms with Crippen molar-refractivity contribution < 1.29 is 14.2 Å². The molecule has 0 aliphatic carbocycles. The molecule has 5 heteroatoms. The SMILES string of the molecule is Nc1ccc(Oc2ccc(Br)c(C3OCCO3)c2)cc1. The van der Waals surface area contributed by atoms with Gasteiger partial charge < -0.3 is 19.9 Å². The minimum atomic E-state index is -0.334. The topological polar surface area (TPSA) is 53.7 Å². The van der Waals surface area contributed by atoms with E-state index in [0.29, 0.717) is 18.9 Å². The summed E-state index contributed by atoms with van der Waals surface area (Å²) in [4.78, 5) is 0. The monoisotopic (exact) mass is 335 g/mol. The van der Waals surface area contributed by atoms with E-state index in [4.69, 9.17) is 19.9 Å². The fourth-order valence-electron chi connectivity index (χ4n) is 1.98. The molecule has 4 nitrogen and oxygen atoms in total. The van der Waals surface area contributed by atoms with Crippen LogP contribution in [0.15, 0.2) is 46.9 Å². The molecule has 1 fully saturated rings. The Morgan fingerprint density at radius 3 is 2.35 bits per heavy atom. The number of anilines is 1. The van der Waals surface area contributed by atoms with E-state index in [1.165, 1.54) is 0 Å². The Labute approximate surface area is 125 Å². The summed E-state index contributed by atoms with van der Waals surface area (Å²) in [7, 11) is 0. The molecule has 1 heterocycles. The summed E-state index contributed by atoms with van der Waals surface area (Å²) in [5.41, 5.74) is 7.29. The van der Waals surface area contributed by atoms with E-state index < -0.39 is 0 Å². The normalized spacial score (nSPS) is 15.4. The van der Waals surface area contributed by atoms with Crippen LogP contribution in [-0.4, -0.2) is 13.2 Å². The average molecular weight is 336 g/mol. The number of benzene rings is 2. The van der Waals surface area contributed by atoms with E-state index in [1.807, 2.05) is 30.3 Å². The third kappa shape index (κ3) is 2.95. The zero-order valence-electron chi connectivity index (χ0n) is 10.7. The summed E-state index contributed by atoms with van der Waals surface area (Å²) in [6, 6.07) is 13.0. The van der Waals surface area contributed by atoms with Crippen LogP contribution in [0, 0.1) is 0 Å². The third-order valence-electron chi connectivity index (χ3n) is 2.96. The maximum Gasteiger partial charge on any atom is 0.185 e. The molecule has 0 atom stereocenters. The average Bonchev–Trinajstić information content (AvgIpc) is 2.97. The van der Waals surface area contributed by atoms with E-state index >= 15 is 0 Å². The molecule has 0 aromatic heterocycles. The van der Waals surface area contributed by atoms with Gasteiger partial charge in [-0.1, -0.05) is 15.9 Å². The van der Waals surface area contributed by atoms with Crippen molar-refractivity contribution in [3.05, 3.63) is 52.5 Å². The summed E-state index contributed by atoms with van der Waals surface area (Å²) in [5, 5.41) is 0.